The van der Waals surface area contributed by atoms with Gasteiger partial charge in [-0.15, -0.1) is 0 Å². The zero-order valence-corrected chi connectivity index (χ0v) is 20.6. The van der Waals surface area contributed by atoms with Gasteiger partial charge in [-0.2, -0.15) is 0 Å². The van der Waals surface area contributed by atoms with Crippen LogP contribution in [0.4, 0.5) is 4.79 Å². The number of nitrogens with zero attached hydrogens (tertiary/aromatic N) is 1. The molecule has 2 aliphatic rings. The van der Waals surface area contributed by atoms with Crippen LogP contribution in [0.1, 0.15) is 63.0 Å². The molecule has 0 heterocycles. The van der Waals surface area contributed by atoms with E-state index in [1.54, 1.807) is 7.05 Å². The first-order valence-electron chi connectivity index (χ1n) is 12.4. The van der Waals surface area contributed by atoms with E-state index >= 15 is 0 Å². The number of benzene rings is 2. The quantitative estimate of drug-likeness (QED) is 0.512. The van der Waals surface area contributed by atoms with E-state index in [9.17, 15) is 19.5 Å². The molecular weight excluding hydrogens is 444 g/mol. The average molecular weight is 479 g/mol. The van der Waals surface area contributed by atoms with Crippen LogP contribution in [0.15, 0.2) is 48.5 Å². The molecule has 1 fully saturated rings. The first kappa shape index (κ1) is 24.8. The minimum absolute atomic E-state index is 0.0212. The third-order valence-electron chi connectivity index (χ3n) is 7.50. The van der Waals surface area contributed by atoms with Crippen molar-refractivity contribution in [3.8, 4) is 11.1 Å². The van der Waals surface area contributed by atoms with Crippen LogP contribution in [-0.2, 0) is 14.3 Å². The number of rotatable bonds is 10. The number of fused-ring (bicyclic) bond motifs is 3. The molecule has 2 atom stereocenters. The molecule has 186 valence electrons. The van der Waals surface area contributed by atoms with E-state index in [-0.39, 0.29) is 30.4 Å². The lowest BCUT2D eigenvalue weighted by molar-refractivity contribution is -0.152. The number of amides is 2. The molecule has 7 heteroatoms. The highest BCUT2D eigenvalue weighted by molar-refractivity contribution is 5.90. The molecular formula is C28H34N2O5. The third kappa shape index (κ3) is 5.04. The van der Waals surface area contributed by atoms with Gasteiger partial charge in [0.1, 0.15) is 12.1 Å². The highest BCUT2D eigenvalue weighted by atomic mass is 16.5. The summed E-state index contributed by atoms with van der Waals surface area (Å²) in [5, 5.41) is 12.3. The molecule has 0 aliphatic heterocycles. The third-order valence-corrected chi connectivity index (χ3v) is 7.50. The minimum atomic E-state index is -1.01. The number of carbonyl (C=O) groups excluding carboxylic acids is 2. The Bertz CT molecular complexity index is 1060. The molecule has 2 aromatic rings. The van der Waals surface area contributed by atoms with Crippen LogP contribution >= 0.6 is 0 Å². The van der Waals surface area contributed by atoms with Crippen molar-refractivity contribution in [2.24, 2.45) is 5.92 Å². The molecule has 0 aromatic heterocycles. The number of likely N-dealkylation sites (N-methyl/N-ethyl adjacent to an activating group) is 1. The van der Waals surface area contributed by atoms with Gasteiger partial charge in [0.25, 0.3) is 0 Å². The zero-order valence-electron chi connectivity index (χ0n) is 20.6. The highest BCUT2D eigenvalue weighted by Gasteiger charge is 2.55. The van der Waals surface area contributed by atoms with Crippen LogP contribution in [0, 0.1) is 5.92 Å². The molecule has 2 amide bonds. The normalized spacial score (nSPS) is 17.0. The van der Waals surface area contributed by atoms with Crippen molar-refractivity contribution in [2.45, 2.75) is 63.5 Å². The second-order valence-electron chi connectivity index (χ2n) is 9.94. The van der Waals surface area contributed by atoms with Crippen LogP contribution in [-0.4, -0.2) is 53.2 Å². The summed E-state index contributed by atoms with van der Waals surface area (Å²) in [4.78, 5) is 38.0. The van der Waals surface area contributed by atoms with Gasteiger partial charge in [-0.1, -0.05) is 61.9 Å². The Kier molecular flexibility index (Phi) is 7.15. The fraction of sp³-hybridized carbons (Fsp3) is 0.464. The monoisotopic (exact) mass is 478 g/mol. The SMILES string of the molecule is CC(CCCC(C)C(=O)N(C)C1(C(=O)O)CC1)NC(=O)OCC1c2ccccc2-c2ccccc21. The van der Waals surface area contributed by atoms with Gasteiger partial charge in [0.2, 0.25) is 5.91 Å². The fourth-order valence-corrected chi connectivity index (χ4v) is 5.12. The lowest BCUT2D eigenvalue weighted by Crippen LogP contribution is -2.46. The fourth-order valence-electron chi connectivity index (χ4n) is 5.12. The summed E-state index contributed by atoms with van der Waals surface area (Å²) in [6, 6.07) is 16.4. The van der Waals surface area contributed by atoms with Crippen molar-refractivity contribution >= 4 is 18.0 Å². The van der Waals surface area contributed by atoms with E-state index in [0.717, 1.165) is 6.42 Å². The van der Waals surface area contributed by atoms with Crippen molar-refractivity contribution in [3.63, 3.8) is 0 Å². The Morgan fingerprint density at radius 3 is 2.14 bits per heavy atom. The second-order valence-corrected chi connectivity index (χ2v) is 9.94. The predicted octanol–water partition coefficient (Wildman–Crippen LogP) is 4.80. The molecule has 0 saturated heterocycles. The molecule has 0 bridgehead atoms. The van der Waals surface area contributed by atoms with Gasteiger partial charge in [0.15, 0.2) is 0 Å². The van der Waals surface area contributed by atoms with E-state index in [1.807, 2.05) is 38.1 Å². The van der Waals surface area contributed by atoms with Crippen molar-refractivity contribution in [2.75, 3.05) is 13.7 Å². The number of hydrogen-bond acceptors (Lipinski definition) is 4. The number of carboxylic acid groups (broad SMARTS) is 1. The largest absolute Gasteiger partial charge is 0.479 e. The Morgan fingerprint density at radius 1 is 1.03 bits per heavy atom. The summed E-state index contributed by atoms with van der Waals surface area (Å²) in [6.07, 6.45) is 2.66. The summed E-state index contributed by atoms with van der Waals surface area (Å²) >= 11 is 0. The predicted molar refractivity (Wildman–Crippen MR) is 133 cm³/mol. The van der Waals surface area contributed by atoms with Gasteiger partial charge in [0.05, 0.1) is 0 Å². The standard InChI is InChI=1S/C28H34N2O5/c1-18(25(31)30(3)28(15-16-28)26(32)33)9-8-10-19(2)29-27(34)35-17-24-22-13-6-4-11-20(22)21-12-5-7-14-23(21)24/h4-7,11-14,18-19,24H,8-10,15-17H2,1-3H3,(H,29,34)(H,32,33). The van der Waals surface area contributed by atoms with E-state index in [1.165, 1.54) is 27.2 Å². The maximum absolute atomic E-state index is 12.6. The number of carbonyl (C=O) groups is 3. The van der Waals surface area contributed by atoms with Gasteiger partial charge in [-0.3, -0.25) is 4.79 Å². The molecule has 0 radical (unpaired) electrons. The first-order valence-corrected chi connectivity index (χ1v) is 12.4. The van der Waals surface area contributed by atoms with Crippen LogP contribution in [0.2, 0.25) is 0 Å². The smallest absolute Gasteiger partial charge is 0.407 e. The van der Waals surface area contributed by atoms with Crippen LogP contribution in [0.3, 0.4) is 0 Å². The number of hydrogen-bond donors (Lipinski definition) is 2. The highest BCUT2D eigenvalue weighted by Crippen LogP contribution is 2.44. The van der Waals surface area contributed by atoms with Gasteiger partial charge in [-0.25, -0.2) is 9.59 Å². The molecule has 0 spiro atoms. The molecule has 4 rings (SSSR count). The molecule has 2 aromatic carbocycles. The molecule has 35 heavy (non-hydrogen) atoms. The second kappa shape index (κ2) is 10.1. The Morgan fingerprint density at radius 2 is 1.60 bits per heavy atom. The first-order chi connectivity index (χ1) is 16.7. The van der Waals surface area contributed by atoms with Crippen molar-refractivity contribution < 1.29 is 24.2 Å². The van der Waals surface area contributed by atoms with Crippen LogP contribution < -0.4 is 5.32 Å². The van der Waals surface area contributed by atoms with E-state index in [4.69, 9.17) is 4.74 Å². The van der Waals surface area contributed by atoms with Crippen LogP contribution in [0.5, 0.6) is 0 Å². The number of nitrogens with one attached hydrogen (secondary N) is 1. The summed E-state index contributed by atoms with van der Waals surface area (Å²) in [6.45, 7) is 4.03. The average Bonchev–Trinajstić information content (AvgIpc) is 3.60. The minimum Gasteiger partial charge on any atom is -0.479 e. The molecule has 2 unspecified atom stereocenters. The van der Waals surface area contributed by atoms with Crippen molar-refractivity contribution in [3.05, 3.63) is 59.7 Å². The van der Waals surface area contributed by atoms with Crippen molar-refractivity contribution in [1.29, 1.82) is 0 Å². The maximum Gasteiger partial charge on any atom is 0.407 e. The topological polar surface area (TPSA) is 95.9 Å². The van der Waals surface area contributed by atoms with Gasteiger partial charge in [0, 0.05) is 24.9 Å². The summed E-state index contributed by atoms with van der Waals surface area (Å²) in [7, 11) is 1.58. The molecule has 2 aliphatic carbocycles. The Balaban J connectivity index is 1.21. The van der Waals surface area contributed by atoms with Gasteiger partial charge >= 0.3 is 12.1 Å². The summed E-state index contributed by atoms with van der Waals surface area (Å²) in [5.74, 6) is -1.31. The number of aliphatic carboxylic acids is 1. The lowest BCUT2D eigenvalue weighted by Gasteiger charge is -2.27. The number of alkyl carbamates (subject to hydrolysis) is 1. The molecule has 1 saturated carbocycles. The van der Waals surface area contributed by atoms with Crippen molar-refractivity contribution in [1.82, 2.24) is 10.2 Å². The number of carboxylic acids is 1. The Hall–Kier alpha value is -3.35. The Labute approximate surface area is 206 Å². The number of ether oxygens (including phenoxy) is 1. The van der Waals surface area contributed by atoms with E-state index in [2.05, 4.69) is 29.6 Å². The summed E-state index contributed by atoms with van der Waals surface area (Å²) < 4.78 is 5.61. The van der Waals surface area contributed by atoms with E-state index < -0.39 is 17.6 Å². The van der Waals surface area contributed by atoms with Gasteiger partial charge < -0.3 is 20.1 Å². The lowest BCUT2D eigenvalue weighted by atomic mass is 9.98. The zero-order chi connectivity index (χ0) is 25.2. The van der Waals surface area contributed by atoms with Gasteiger partial charge in [-0.05, 0) is 54.9 Å². The summed E-state index contributed by atoms with van der Waals surface area (Å²) in [5.41, 5.74) is 3.72. The maximum atomic E-state index is 12.6. The molecule has 7 nitrogen and oxygen atoms in total. The van der Waals surface area contributed by atoms with Crippen LogP contribution in [0.25, 0.3) is 11.1 Å². The molecule has 2 N–H and O–H groups in total. The van der Waals surface area contributed by atoms with E-state index in [0.29, 0.717) is 25.7 Å².